The number of nitrogens with one attached hydrogen (secondary N) is 1. The van der Waals surface area contributed by atoms with Crippen LogP contribution in [0, 0.1) is 5.82 Å². The van der Waals surface area contributed by atoms with Crippen molar-refractivity contribution in [3.05, 3.63) is 58.4 Å². The van der Waals surface area contributed by atoms with Gasteiger partial charge in [-0.2, -0.15) is 5.10 Å². The molecule has 2 aliphatic heterocycles. The number of amides is 2. The number of ether oxygens (including phenoxy) is 1. The summed E-state index contributed by atoms with van der Waals surface area (Å²) in [5, 5.41) is 4.03. The van der Waals surface area contributed by atoms with Crippen molar-refractivity contribution < 1.29 is 27.1 Å². The lowest BCUT2D eigenvalue weighted by molar-refractivity contribution is -0.119. The quantitative estimate of drug-likeness (QED) is 0.754. The van der Waals surface area contributed by atoms with Crippen LogP contribution < -0.4 is 10.2 Å². The predicted octanol–water partition coefficient (Wildman–Crippen LogP) is 2.05. The molecule has 2 aromatic rings. The summed E-state index contributed by atoms with van der Waals surface area (Å²) in [6.45, 7) is 2.42. The summed E-state index contributed by atoms with van der Waals surface area (Å²) >= 11 is 0. The highest BCUT2D eigenvalue weighted by atomic mass is 32.2. The maximum absolute atomic E-state index is 14.9. The molecule has 0 fully saturated rings. The molecule has 2 amide bonds. The number of nitrogens with zero attached hydrogens (tertiary/aromatic N) is 2. The molecule has 0 aromatic heterocycles. The zero-order valence-electron chi connectivity index (χ0n) is 17.6. The van der Waals surface area contributed by atoms with Crippen LogP contribution in [-0.4, -0.2) is 50.3 Å². The summed E-state index contributed by atoms with van der Waals surface area (Å²) in [6.07, 6.45) is 1.28. The van der Waals surface area contributed by atoms with Gasteiger partial charge in [-0.15, -0.1) is 0 Å². The summed E-state index contributed by atoms with van der Waals surface area (Å²) in [5.74, 6) is -0.852. The number of halogens is 1. The lowest BCUT2D eigenvalue weighted by Crippen LogP contribution is -2.33. The third kappa shape index (κ3) is 4.10. The Bertz CT molecular complexity index is 1260. The molecule has 2 heterocycles. The number of hydrogen-bond acceptors (Lipinski definition) is 6. The number of fused-ring (bicyclic) bond motifs is 1. The molecule has 2 aliphatic rings. The average molecular weight is 459 g/mol. The van der Waals surface area contributed by atoms with E-state index >= 15 is 0 Å². The standard InChI is InChI=1S/C22H22FN3O5S/c1-3-15-16(5-7-19(21(15)23)32(2,29)30)22(28)26-8-9-31-18-6-4-13(10-14(18)12-26)17-11-20(27)25-24-17/h4-7,10H,3,8-9,11-12H2,1-2H3,(H,25,27). The van der Waals surface area contributed by atoms with E-state index in [4.69, 9.17) is 4.74 Å². The van der Waals surface area contributed by atoms with Gasteiger partial charge >= 0.3 is 0 Å². The van der Waals surface area contributed by atoms with E-state index in [1.165, 1.54) is 6.07 Å². The second kappa shape index (κ2) is 8.34. The minimum Gasteiger partial charge on any atom is -0.491 e. The molecule has 1 N–H and O–H groups in total. The number of rotatable bonds is 4. The third-order valence-electron chi connectivity index (χ3n) is 5.50. The molecule has 0 aliphatic carbocycles. The topological polar surface area (TPSA) is 105 Å². The van der Waals surface area contributed by atoms with E-state index in [1.807, 2.05) is 12.1 Å². The van der Waals surface area contributed by atoms with Crippen LogP contribution in [-0.2, 0) is 27.6 Å². The molecule has 0 bridgehead atoms. The van der Waals surface area contributed by atoms with E-state index in [2.05, 4.69) is 10.5 Å². The number of benzene rings is 2. The van der Waals surface area contributed by atoms with Gasteiger partial charge < -0.3 is 9.64 Å². The summed E-state index contributed by atoms with van der Waals surface area (Å²) < 4.78 is 44.4. The Hall–Kier alpha value is -3.27. The third-order valence-corrected chi connectivity index (χ3v) is 6.61. The Balaban J connectivity index is 1.66. The number of sulfone groups is 1. The molecule has 2 aromatic carbocycles. The molecule has 0 radical (unpaired) electrons. The van der Waals surface area contributed by atoms with Gasteiger partial charge in [0.25, 0.3) is 5.91 Å². The Morgan fingerprint density at radius 2 is 2.06 bits per heavy atom. The smallest absolute Gasteiger partial charge is 0.254 e. The first-order valence-corrected chi connectivity index (χ1v) is 12.0. The van der Waals surface area contributed by atoms with Gasteiger partial charge in [-0.1, -0.05) is 6.92 Å². The zero-order chi connectivity index (χ0) is 23.0. The molecule has 0 saturated heterocycles. The van der Waals surface area contributed by atoms with Gasteiger partial charge in [-0.05, 0) is 42.3 Å². The van der Waals surface area contributed by atoms with Crippen molar-refractivity contribution in [2.75, 3.05) is 19.4 Å². The summed E-state index contributed by atoms with van der Waals surface area (Å²) in [7, 11) is -3.76. The molecule has 8 nitrogen and oxygen atoms in total. The highest BCUT2D eigenvalue weighted by molar-refractivity contribution is 7.90. The van der Waals surface area contributed by atoms with Crippen molar-refractivity contribution >= 4 is 27.4 Å². The average Bonchev–Trinajstić information content (AvgIpc) is 3.06. The first-order chi connectivity index (χ1) is 15.2. The molecule has 10 heteroatoms. The van der Waals surface area contributed by atoms with Crippen LogP contribution in [0.4, 0.5) is 4.39 Å². The predicted molar refractivity (Wildman–Crippen MR) is 115 cm³/mol. The first-order valence-electron chi connectivity index (χ1n) is 10.1. The highest BCUT2D eigenvalue weighted by Gasteiger charge is 2.27. The van der Waals surface area contributed by atoms with Gasteiger partial charge in [0.15, 0.2) is 9.84 Å². The van der Waals surface area contributed by atoms with Gasteiger partial charge in [0.05, 0.1) is 18.7 Å². The van der Waals surface area contributed by atoms with Crippen molar-refractivity contribution in [3.8, 4) is 5.75 Å². The van der Waals surface area contributed by atoms with E-state index in [-0.39, 0.29) is 49.6 Å². The molecule has 32 heavy (non-hydrogen) atoms. The number of hydrogen-bond donors (Lipinski definition) is 1. The Morgan fingerprint density at radius 1 is 1.28 bits per heavy atom. The fraction of sp³-hybridized carbons (Fsp3) is 0.318. The number of carbonyl (C=O) groups excluding carboxylic acids is 2. The van der Waals surface area contributed by atoms with Gasteiger partial charge in [-0.25, -0.2) is 18.2 Å². The second-order valence-electron chi connectivity index (χ2n) is 7.70. The first kappa shape index (κ1) is 21.9. The molecule has 0 unspecified atom stereocenters. The van der Waals surface area contributed by atoms with E-state index in [9.17, 15) is 22.4 Å². The van der Waals surface area contributed by atoms with E-state index in [1.54, 1.807) is 17.9 Å². The van der Waals surface area contributed by atoms with Crippen molar-refractivity contribution in [2.45, 2.75) is 31.2 Å². The monoisotopic (exact) mass is 459 g/mol. The van der Waals surface area contributed by atoms with Crippen LogP contribution in [0.3, 0.4) is 0 Å². The van der Waals surface area contributed by atoms with Crippen LogP contribution in [0.25, 0.3) is 0 Å². The second-order valence-corrected chi connectivity index (χ2v) is 9.68. The molecule has 168 valence electrons. The minimum absolute atomic E-state index is 0.0713. The van der Waals surface area contributed by atoms with Crippen molar-refractivity contribution in [2.24, 2.45) is 5.10 Å². The Morgan fingerprint density at radius 3 is 2.72 bits per heavy atom. The normalized spacial score (nSPS) is 16.0. The summed E-state index contributed by atoms with van der Waals surface area (Å²) in [6, 6.07) is 7.92. The highest BCUT2D eigenvalue weighted by Crippen LogP contribution is 2.28. The molecule has 0 saturated carbocycles. The van der Waals surface area contributed by atoms with Crippen LogP contribution in [0.5, 0.6) is 5.75 Å². The largest absolute Gasteiger partial charge is 0.491 e. The Labute approximate surface area is 185 Å². The SMILES string of the molecule is CCc1c(C(=O)N2CCOc3ccc(C4=NNC(=O)C4)cc3C2)ccc(S(C)(=O)=O)c1F. The number of carbonyl (C=O) groups is 2. The van der Waals surface area contributed by atoms with Crippen molar-refractivity contribution in [1.29, 1.82) is 0 Å². The van der Waals surface area contributed by atoms with Crippen molar-refractivity contribution in [1.82, 2.24) is 10.3 Å². The zero-order valence-corrected chi connectivity index (χ0v) is 18.5. The molecular formula is C22H22FN3O5S. The Kier molecular flexibility index (Phi) is 5.72. The summed E-state index contributed by atoms with van der Waals surface area (Å²) in [5.41, 5.74) is 4.71. The van der Waals surface area contributed by atoms with E-state index < -0.39 is 26.5 Å². The fourth-order valence-corrected chi connectivity index (χ4v) is 4.64. The minimum atomic E-state index is -3.76. The lowest BCUT2D eigenvalue weighted by atomic mass is 10.0. The molecular weight excluding hydrogens is 437 g/mol. The van der Waals surface area contributed by atoms with Crippen molar-refractivity contribution in [3.63, 3.8) is 0 Å². The van der Waals surface area contributed by atoms with E-state index in [0.29, 0.717) is 11.5 Å². The van der Waals surface area contributed by atoms with Gasteiger partial charge in [0.2, 0.25) is 5.91 Å². The van der Waals surface area contributed by atoms with Crippen LogP contribution in [0.1, 0.15) is 40.4 Å². The number of hydrazone groups is 1. The molecule has 0 atom stereocenters. The molecule has 4 rings (SSSR count). The van der Waals surface area contributed by atoms with Crippen LogP contribution in [0.15, 0.2) is 40.3 Å². The van der Waals surface area contributed by atoms with Gasteiger partial charge in [-0.3, -0.25) is 9.59 Å². The maximum atomic E-state index is 14.9. The summed E-state index contributed by atoms with van der Waals surface area (Å²) in [4.78, 5) is 25.9. The van der Waals surface area contributed by atoms with Gasteiger partial charge in [0.1, 0.15) is 23.1 Å². The fourth-order valence-electron chi connectivity index (χ4n) is 3.88. The lowest BCUT2D eigenvalue weighted by Gasteiger charge is -2.22. The van der Waals surface area contributed by atoms with E-state index in [0.717, 1.165) is 23.4 Å². The van der Waals surface area contributed by atoms with Crippen LogP contribution >= 0.6 is 0 Å². The molecule has 0 spiro atoms. The van der Waals surface area contributed by atoms with Gasteiger partial charge in [0, 0.05) is 29.5 Å². The van der Waals surface area contributed by atoms with Crippen LogP contribution in [0.2, 0.25) is 0 Å². The maximum Gasteiger partial charge on any atom is 0.254 e.